The lowest BCUT2D eigenvalue weighted by atomic mass is 10.2. The number of hydrogen-bond acceptors (Lipinski definition) is 6. The molecule has 0 aromatic heterocycles. The highest BCUT2D eigenvalue weighted by atomic mass is 32.2. The van der Waals surface area contributed by atoms with Gasteiger partial charge in [-0.3, -0.25) is 14.9 Å². The second-order valence-corrected chi connectivity index (χ2v) is 6.16. The molecule has 0 bridgehead atoms. The average molecular weight is 301 g/mol. The molecule has 110 valence electrons. The van der Waals surface area contributed by atoms with E-state index < -0.39 is 26.4 Å². The molecular formula is C11H15N3O5S. The maximum absolute atomic E-state index is 11.8. The van der Waals surface area contributed by atoms with E-state index in [1.165, 1.54) is 0 Å². The van der Waals surface area contributed by atoms with Crippen LogP contribution in [0.25, 0.3) is 0 Å². The second kappa shape index (κ2) is 6.44. The number of carbonyl (C=O) groups excluding carboxylic acids is 1. The van der Waals surface area contributed by atoms with Crippen molar-refractivity contribution in [3.63, 3.8) is 0 Å². The van der Waals surface area contributed by atoms with E-state index in [1.807, 2.05) is 0 Å². The molecule has 1 amide bonds. The van der Waals surface area contributed by atoms with E-state index in [2.05, 4.69) is 5.32 Å². The Balaban J connectivity index is 3.16. The van der Waals surface area contributed by atoms with Gasteiger partial charge in [0.1, 0.15) is 0 Å². The third-order valence-electron chi connectivity index (χ3n) is 2.46. The Morgan fingerprint density at radius 2 is 2.05 bits per heavy atom. The van der Waals surface area contributed by atoms with Gasteiger partial charge in [0.15, 0.2) is 9.84 Å². The van der Waals surface area contributed by atoms with Crippen LogP contribution in [0, 0.1) is 10.1 Å². The van der Waals surface area contributed by atoms with Crippen molar-refractivity contribution in [2.24, 2.45) is 5.73 Å². The van der Waals surface area contributed by atoms with E-state index in [4.69, 9.17) is 5.73 Å². The van der Waals surface area contributed by atoms with Crippen LogP contribution in [-0.4, -0.2) is 38.6 Å². The van der Waals surface area contributed by atoms with Crippen LogP contribution in [0.15, 0.2) is 23.1 Å². The molecule has 0 fully saturated rings. The number of sulfone groups is 1. The van der Waals surface area contributed by atoms with Gasteiger partial charge in [-0.15, -0.1) is 0 Å². The number of non-ortho nitro benzene ring substituents is 1. The lowest BCUT2D eigenvalue weighted by Gasteiger charge is -2.06. The van der Waals surface area contributed by atoms with E-state index in [0.717, 1.165) is 24.5 Å². The van der Waals surface area contributed by atoms with Gasteiger partial charge in [-0.05, 0) is 19.0 Å². The number of amides is 1. The van der Waals surface area contributed by atoms with Crippen molar-refractivity contribution in [2.75, 3.05) is 19.3 Å². The minimum atomic E-state index is -3.64. The smallest absolute Gasteiger partial charge is 0.271 e. The van der Waals surface area contributed by atoms with Gasteiger partial charge in [0, 0.05) is 30.5 Å². The molecule has 3 N–H and O–H groups in total. The summed E-state index contributed by atoms with van der Waals surface area (Å²) in [6, 6.07) is 3.07. The minimum absolute atomic E-state index is 0.0725. The number of nitrogens with one attached hydrogen (secondary N) is 1. The number of nitrogens with two attached hydrogens (primary N) is 1. The molecule has 0 radical (unpaired) electrons. The van der Waals surface area contributed by atoms with Gasteiger partial charge in [-0.25, -0.2) is 8.42 Å². The van der Waals surface area contributed by atoms with E-state index in [-0.39, 0.29) is 10.5 Å². The largest absolute Gasteiger partial charge is 0.352 e. The van der Waals surface area contributed by atoms with Crippen LogP contribution >= 0.6 is 0 Å². The Morgan fingerprint density at radius 3 is 2.55 bits per heavy atom. The quantitative estimate of drug-likeness (QED) is 0.434. The number of benzene rings is 1. The highest BCUT2D eigenvalue weighted by Gasteiger charge is 2.18. The molecular weight excluding hydrogens is 286 g/mol. The molecule has 20 heavy (non-hydrogen) atoms. The topological polar surface area (TPSA) is 132 Å². The number of nitrogens with zero attached hydrogens (tertiary/aromatic N) is 1. The Kier molecular flexibility index (Phi) is 5.17. The Morgan fingerprint density at radius 1 is 1.40 bits per heavy atom. The van der Waals surface area contributed by atoms with Crippen molar-refractivity contribution in [1.29, 1.82) is 0 Å². The van der Waals surface area contributed by atoms with E-state index in [0.29, 0.717) is 19.5 Å². The summed E-state index contributed by atoms with van der Waals surface area (Å²) >= 11 is 0. The zero-order chi connectivity index (χ0) is 15.3. The lowest BCUT2D eigenvalue weighted by Crippen LogP contribution is -2.26. The molecule has 0 aliphatic rings. The van der Waals surface area contributed by atoms with Crippen molar-refractivity contribution >= 4 is 21.4 Å². The second-order valence-electron chi connectivity index (χ2n) is 4.14. The first-order chi connectivity index (χ1) is 9.25. The number of nitro benzene ring substituents is 1. The molecule has 0 spiro atoms. The third-order valence-corrected chi connectivity index (χ3v) is 3.55. The fourth-order valence-electron chi connectivity index (χ4n) is 1.44. The first-order valence-electron chi connectivity index (χ1n) is 5.73. The van der Waals surface area contributed by atoms with Crippen molar-refractivity contribution in [2.45, 2.75) is 11.3 Å². The standard InChI is InChI=1S/C11H15N3O5S/c1-20(18,19)10-6-8(5-9(7-10)14(16)17)11(15)13-4-2-3-12/h5-7H,2-4,12H2,1H3,(H,13,15). The first-order valence-corrected chi connectivity index (χ1v) is 7.62. The predicted octanol–water partition coefficient (Wildman–Crippen LogP) is 0.0769. The third kappa shape index (κ3) is 4.28. The Labute approximate surface area is 116 Å². The maximum Gasteiger partial charge on any atom is 0.271 e. The summed E-state index contributed by atoms with van der Waals surface area (Å²) in [5.41, 5.74) is 4.76. The summed E-state index contributed by atoms with van der Waals surface area (Å²) in [5, 5.41) is 13.3. The molecule has 0 heterocycles. The lowest BCUT2D eigenvalue weighted by molar-refractivity contribution is -0.385. The summed E-state index contributed by atoms with van der Waals surface area (Å²) < 4.78 is 22.9. The molecule has 0 atom stereocenters. The molecule has 1 rings (SSSR count). The first kappa shape index (κ1) is 16.1. The summed E-state index contributed by atoms with van der Waals surface area (Å²) in [5.74, 6) is -0.577. The normalized spacial score (nSPS) is 11.1. The molecule has 0 saturated heterocycles. The number of rotatable bonds is 6. The van der Waals surface area contributed by atoms with Crippen molar-refractivity contribution in [1.82, 2.24) is 5.32 Å². The zero-order valence-corrected chi connectivity index (χ0v) is 11.6. The molecule has 8 nitrogen and oxygen atoms in total. The van der Waals surface area contributed by atoms with E-state index >= 15 is 0 Å². The minimum Gasteiger partial charge on any atom is -0.352 e. The monoisotopic (exact) mass is 301 g/mol. The average Bonchev–Trinajstić information content (AvgIpc) is 2.37. The number of hydrogen-bond donors (Lipinski definition) is 2. The van der Waals surface area contributed by atoms with Gasteiger partial charge in [0.05, 0.1) is 9.82 Å². The summed E-state index contributed by atoms with van der Waals surface area (Å²) in [4.78, 5) is 21.6. The zero-order valence-electron chi connectivity index (χ0n) is 10.8. The molecule has 0 saturated carbocycles. The number of nitro groups is 1. The van der Waals surface area contributed by atoms with Crippen molar-refractivity contribution in [3.8, 4) is 0 Å². The van der Waals surface area contributed by atoms with Crippen LogP contribution in [-0.2, 0) is 9.84 Å². The van der Waals surface area contributed by atoms with Gasteiger partial charge >= 0.3 is 0 Å². The SMILES string of the molecule is CS(=O)(=O)c1cc(C(=O)NCCCN)cc([N+](=O)[O-])c1. The van der Waals surface area contributed by atoms with Crippen LogP contribution in [0.5, 0.6) is 0 Å². The molecule has 0 aliphatic carbocycles. The molecule has 1 aromatic rings. The highest BCUT2D eigenvalue weighted by Crippen LogP contribution is 2.20. The summed E-state index contributed by atoms with van der Waals surface area (Å²) in [6.45, 7) is 0.704. The van der Waals surface area contributed by atoms with Crippen molar-refractivity contribution in [3.05, 3.63) is 33.9 Å². The Bertz CT molecular complexity index is 627. The van der Waals surface area contributed by atoms with Crippen LogP contribution in [0.3, 0.4) is 0 Å². The molecule has 0 aliphatic heterocycles. The molecule has 0 unspecified atom stereocenters. The van der Waals surface area contributed by atoms with Crippen molar-refractivity contribution < 1.29 is 18.1 Å². The van der Waals surface area contributed by atoms with Crippen LogP contribution in [0.1, 0.15) is 16.8 Å². The van der Waals surface area contributed by atoms with Gasteiger partial charge in [-0.1, -0.05) is 0 Å². The fraction of sp³-hybridized carbons (Fsp3) is 0.364. The number of carbonyl (C=O) groups is 1. The fourth-order valence-corrected chi connectivity index (χ4v) is 2.12. The predicted molar refractivity (Wildman–Crippen MR) is 72.2 cm³/mol. The summed E-state index contributed by atoms with van der Waals surface area (Å²) in [7, 11) is -3.64. The summed E-state index contributed by atoms with van der Waals surface area (Å²) in [6.07, 6.45) is 1.47. The van der Waals surface area contributed by atoms with Crippen LogP contribution < -0.4 is 11.1 Å². The molecule has 1 aromatic carbocycles. The van der Waals surface area contributed by atoms with Gasteiger partial charge in [-0.2, -0.15) is 0 Å². The van der Waals surface area contributed by atoms with Crippen LogP contribution in [0.2, 0.25) is 0 Å². The Hall–Kier alpha value is -2.00. The van der Waals surface area contributed by atoms with Gasteiger partial charge < -0.3 is 11.1 Å². The van der Waals surface area contributed by atoms with Gasteiger partial charge in [0.25, 0.3) is 11.6 Å². The van der Waals surface area contributed by atoms with Crippen LogP contribution in [0.4, 0.5) is 5.69 Å². The molecule has 9 heteroatoms. The highest BCUT2D eigenvalue weighted by molar-refractivity contribution is 7.90. The van der Waals surface area contributed by atoms with E-state index in [1.54, 1.807) is 0 Å². The maximum atomic E-state index is 11.8. The van der Waals surface area contributed by atoms with E-state index in [9.17, 15) is 23.3 Å². The van der Waals surface area contributed by atoms with Gasteiger partial charge in [0.2, 0.25) is 0 Å².